The molecule has 6 heteroatoms. The first-order chi connectivity index (χ1) is 9.04. The van der Waals surface area contributed by atoms with E-state index in [2.05, 4.69) is 37.9 Å². The van der Waals surface area contributed by atoms with Crippen molar-refractivity contribution in [3.05, 3.63) is 54.7 Å². The smallest absolute Gasteiger partial charge is 0.124 e. The van der Waals surface area contributed by atoms with Gasteiger partial charge >= 0.3 is 0 Å². The topological polar surface area (TPSA) is 0 Å². The molecule has 1 aromatic carbocycles. The van der Waals surface area contributed by atoms with Gasteiger partial charge in [-0.15, -0.1) is 22.7 Å². The summed E-state index contributed by atoms with van der Waals surface area (Å²) in [5, 5.41) is 1.06. The van der Waals surface area contributed by atoms with Crippen LogP contribution in [0.4, 0.5) is 4.39 Å². The van der Waals surface area contributed by atoms with E-state index < -0.39 is 0 Å². The van der Waals surface area contributed by atoms with Gasteiger partial charge in [-0.1, -0.05) is 33.6 Å². The molecule has 3 rings (SSSR count). The number of fused-ring (bicyclic) bond motifs is 1. The third kappa shape index (κ3) is 2.76. The van der Waals surface area contributed by atoms with E-state index in [0.717, 1.165) is 28.6 Å². The molecular formula is C13H6Br2ClFS2. The minimum absolute atomic E-state index is 0.0850. The summed E-state index contributed by atoms with van der Waals surface area (Å²) in [7, 11) is 0. The van der Waals surface area contributed by atoms with E-state index >= 15 is 0 Å². The first-order valence-electron chi connectivity index (χ1n) is 5.32. The summed E-state index contributed by atoms with van der Waals surface area (Å²) in [6.45, 7) is 0. The molecule has 0 aliphatic heterocycles. The zero-order valence-corrected chi connectivity index (χ0v) is 14.9. The molecule has 2 heterocycles. The predicted molar refractivity (Wildman–Crippen MR) is 89.6 cm³/mol. The van der Waals surface area contributed by atoms with E-state index in [1.165, 1.54) is 17.4 Å². The normalized spacial score (nSPS) is 13.1. The molecule has 1 unspecified atom stereocenters. The zero-order valence-electron chi connectivity index (χ0n) is 9.29. The molecule has 0 bridgehead atoms. The van der Waals surface area contributed by atoms with Crippen LogP contribution in [0.1, 0.15) is 14.6 Å². The number of hydrogen-bond acceptors (Lipinski definition) is 2. The Morgan fingerprint density at radius 1 is 1.11 bits per heavy atom. The quantitative estimate of drug-likeness (QED) is 0.376. The number of thiophene rings is 2. The Labute approximate surface area is 139 Å². The van der Waals surface area contributed by atoms with Crippen molar-refractivity contribution in [1.82, 2.24) is 0 Å². The van der Waals surface area contributed by atoms with Crippen LogP contribution in [0.25, 0.3) is 10.1 Å². The first-order valence-corrected chi connectivity index (χ1v) is 9.04. The van der Waals surface area contributed by atoms with Crippen molar-refractivity contribution in [2.45, 2.75) is 4.83 Å². The third-order valence-corrected chi connectivity index (χ3v) is 7.96. The maximum Gasteiger partial charge on any atom is 0.124 e. The van der Waals surface area contributed by atoms with E-state index in [1.54, 1.807) is 17.4 Å². The van der Waals surface area contributed by atoms with Crippen molar-refractivity contribution in [3.8, 4) is 0 Å². The fourth-order valence-electron chi connectivity index (χ4n) is 1.78. The number of halogens is 4. The number of rotatable bonds is 2. The Morgan fingerprint density at radius 2 is 1.84 bits per heavy atom. The predicted octanol–water partition coefficient (Wildman–Crippen LogP) is 7.00. The lowest BCUT2D eigenvalue weighted by molar-refractivity contribution is 0.630. The molecule has 0 spiro atoms. The lowest BCUT2D eigenvalue weighted by Gasteiger charge is -2.03. The van der Waals surface area contributed by atoms with E-state index in [9.17, 15) is 4.39 Å². The molecule has 0 N–H and O–H groups in total. The summed E-state index contributed by atoms with van der Waals surface area (Å²) in [5.41, 5.74) is 0. The van der Waals surface area contributed by atoms with Crippen LogP contribution in [-0.4, -0.2) is 0 Å². The minimum atomic E-state index is -0.200. The van der Waals surface area contributed by atoms with Crippen LogP contribution < -0.4 is 0 Å². The maximum absolute atomic E-state index is 13.2. The van der Waals surface area contributed by atoms with Crippen molar-refractivity contribution in [2.24, 2.45) is 0 Å². The molecule has 1 atom stereocenters. The highest BCUT2D eigenvalue weighted by Crippen LogP contribution is 2.44. The van der Waals surface area contributed by atoms with Gasteiger partial charge in [-0.3, -0.25) is 0 Å². The van der Waals surface area contributed by atoms with Crippen LogP contribution in [-0.2, 0) is 0 Å². The Kier molecular flexibility index (Phi) is 4.02. The molecule has 0 fully saturated rings. The molecule has 0 radical (unpaired) electrons. The lowest BCUT2D eigenvalue weighted by Crippen LogP contribution is -1.83. The van der Waals surface area contributed by atoms with Gasteiger partial charge in [0.2, 0.25) is 0 Å². The molecule has 0 nitrogen and oxygen atoms in total. The van der Waals surface area contributed by atoms with Crippen molar-refractivity contribution >= 4 is 76.2 Å². The summed E-state index contributed by atoms with van der Waals surface area (Å²) < 4.78 is 15.8. The molecule has 0 saturated heterocycles. The monoisotopic (exact) mass is 438 g/mol. The second-order valence-corrected chi connectivity index (χ2v) is 8.54. The number of hydrogen-bond donors (Lipinski definition) is 0. The second-order valence-electron chi connectivity index (χ2n) is 3.96. The Balaban J connectivity index is 2.03. The van der Waals surface area contributed by atoms with E-state index in [4.69, 9.17) is 11.6 Å². The van der Waals surface area contributed by atoms with Crippen LogP contribution in [0.15, 0.2) is 34.8 Å². The van der Waals surface area contributed by atoms with Crippen molar-refractivity contribution in [3.63, 3.8) is 0 Å². The molecule has 0 amide bonds. The molecule has 0 aliphatic rings. The van der Waals surface area contributed by atoms with Crippen LogP contribution in [0.5, 0.6) is 0 Å². The summed E-state index contributed by atoms with van der Waals surface area (Å²) in [6.07, 6.45) is 0. The largest absolute Gasteiger partial charge is 0.207 e. The molecule has 3 aromatic rings. The van der Waals surface area contributed by atoms with Gasteiger partial charge in [0.25, 0.3) is 0 Å². The van der Waals surface area contributed by atoms with E-state index in [-0.39, 0.29) is 10.6 Å². The van der Waals surface area contributed by atoms with E-state index in [1.807, 2.05) is 12.1 Å². The lowest BCUT2D eigenvalue weighted by atomic mass is 10.2. The van der Waals surface area contributed by atoms with Crippen LogP contribution in [0, 0.1) is 5.82 Å². The van der Waals surface area contributed by atoms with Crippen molar-refractivity contribution in [1.29, 1.82) is 0 Å². The average Bonchev–Trinajstić information content (AvgIpc) is 2.92. The summed E-state index contributed by atoms with van der Waals surface area (Å²) >= 11 is 16.3. The molecule has 2 aromatic heterocycles. The van der Waals surface area contributed by atoms with Crippen LogP contribution in [0.3, 0.4) is 0 Å². The molecule has 0 saturated carbocycles. The Hall–Kier alpha value is 0.0600. The standard InChI is InChI=1S/C13H6Br2ClFS2/c14-8-5-11(19-13(8)16)12(15)10-3-6-1-2-7(17)4-9(6)18-10/h1-5,12H. The Morgan fingerprint density at radius 3 is 2.53 bits per heavy atom. The van der Waals surface area contributed by atoms with E-state index in [0.29, 0.717) is 0 Å². The third-order valence-electron chi connectivity index (χ3n) is 2.66. The minimum Gasteiger partial charge on any atom is -0.207 e. The van der Waals surface area contributed by atoms with Gasteiger partial charge in [0.1, 0.15) is 10.2 Å². The van der Waals surface area contributed by atoms with Crippen molar-refractivity contribution < 1.29 is 4.39 Å². The van der Waals surface area contributed by atoms with Gasteiger partial charge < -0.3 is 0 Å². The second kappa shape index (κ2) is 5.45. The van der Waals surface area contributed by atoms with Gasteiger partial charge in [-0.2, -0.15) is 0 Å². The highest BCUT2D eigenvalue weighted by molar-refractivity contribution is 9.10. The molecule has 98 valence electrons. The Bertz CT molecular complexity index is 731. The van der Waals surface area contributed by atoms with Gasteiger partial charge in [0.05, 0.1) is 4.83 Å². The molecular weight excluding hydrogens is 435 g/mol. The maximum atomic E-state index is 13.2. The number of benzene rings is 1. The summed E-state index contributed by atoms with van der Waals surface area (Å²) in [4.78, 5) is 2.36. The first kappa shape index (κ1) is 14.0. The molecule has 19 heavy (non-hydrogen) atoms. The van der Waals surface area contributed by atoms with Crippen LogP contribution >= 0.6 is 66.1 Å². The summed E-state index contributed by atoms with van der Waals surface area (Å²) in [6, 6.07) is 8.96. The zero-order chi connectivity index (χ0) is 13.6. The number of alkyl halides is 1. The fraction of sp³-hybridized carbons (Fsp3) is 0.0769. The van der Waals surface area contributed by atoms with Gasteiger partial charge in [-0.05, 0) is 45.6 Å². The highest BCUT2D eigenvalue weighted by Gasteiger charge is 2.17. The summed E-state index contributed by atoms with van der Waals surface area (Å²) in [5.74, 6) is -0.200. The SMILES string of the molecule is Fc1ccc2cc(C(Br)c3cc(Br)c(Cl)s3)sc2c1. The van der Waals surface area contributed by atoms with Crippen molar-refractivity contribution in [2.75, 3.05) is 0 Å². The fourth-order valence-corrected chi connectivity index (χ4v) is 5.50. The van der Waals surface area contributed by atoms with Gasteiger partial charge in [0.15, 0.2) is 0 Å². The molecule has 0 aliphatic carbocycles. The van der Waals surface area contributed by atoms with Gasteiger partial charge in [-0.25, -0.2) is 4.39 Å². The van der Waals surface area contributed by atoms with Gasteiger partial charge in [0, 0.05) is 18.9 Å². The average molecular weight is 441 g/mol. The highest BCUT2D eigenvalue weighted by atomic mass is 79.9. The van der Waals surface area contributed by atoms with Crippen LogP contribution in [0.2, 0.25) is 4.34 Å².